The fraction of sp³-hybridized carbons (Fsp3) is 0.310. The standard InChI is InChI=1S/C29H37NO3Si/c1-6-28(32-21-23-17-19-24(31-5)20-18-23)27(30)22-33-34(29(2,3)4,25-13-9-7-10-14-25)26-15-11-8-12-16-26/h6-20,27-28H,1,21-22,30H2,2-5H3/t27-,28+/m0/s1. The van der Waals surface area contributed by atoms with E-state index in [-0.39, 0.29) is 17.2 Å². The molecule has 0 aromatic heterocycles. The molecule has 0 aliphatic rings. The van der Waals surface area contributed by atoms with Gasteiger partial charge < -0.3 is 19.6 Å². The predicted molar refractivity (Wildman–Crippen MR) is 143 cm³/mol. The fourth-order valence-electron chi connectivity index (χ4n) is 4.36. The summed E-state index contributed by atoms with van der Waals surface area (Å²) in [6, 6.07) is 28.6. The van der Waals surface area contributed by atoms with Gasteiger partial charge in [-0.05, 0) is 33.1 Å². The van der Waals surface area contributed by atoms with Crippen molar-refractivity contribution in [1.82, 2.24) is 0 Å². The quantitative estimate of drug-likeness (QED) is 0.323. The van der Waals surface area contributed by atoms with Crippen LogP contribution in [0, 0.1) is 0 Å². The molecular formula is C29H37NO3Si. The Kier molecular flexibility index (Phi) is 8.86. The number of benzene rings is 3. The highest BCUT2D eigenvalue weighted by atomic mass is 28.4. The van der Waals surface area contributed by atoms with Gasteiger partial charge in [0.25, 0.3) is 8.32 Å². The van der Waals surface area contributed by atoms with Gasteiger partial charge in [-0.3, -0.25) is 0 Å². The van der Waals surface area contributed by atoms with E-state index in [0.29, 0.717) is 13.2 Å². The molecule has 5 heteroatoms. The molecule has 2 atom stereocenters. The topological polar surface area (TPSA) is 53.7 Å². The summed E-state index contributed by atoms with van der Waals surface area (Å²) in [5.74, 6) is 0.819. The van der Waals surface area contributed by atoms with Gasteiger partial charge in [0.05, 0.1) is 32.5 Å². The average molecular weight is 476 g/mol. The summed E-state index contributed by atoms with van der Waals surface area (Å²) in [6.45, 7) is 11.5. The summed E-state index contributed by atoms with van der Waals surface area (Å²) in [5, 5.41) is 2.36. The number of ether oxygens (including phenoxy) is 2. The molecular weight excluding hydrogens is 438 g/mol. The van der Waals surface area contributed by atoms with Crippen LogP contribution in [0.2, 0.25) is 5.04 Å². The Hall–Kier alpha value is -2.70. The van der Waals surface area contributed by atoms with Crippen molar-refractivity contribution in [3.63, 3.8) is 0 Å². The first-order valence-electron chi connectivity index (χ1n) is 11.7. The summed E-state index contributed by atoms with van der Waals surface area (Å²) in [7, 11) is -0.995. The molecule has 3 aromatic rings. The van der Waals surface area contributed by atoms with E-state index in [1.165, 1.54) is 10.4 Å². The summed E-state index contributed by atoms with van der Waals surface area (Å²) in [5.41, 5.74) is 7.67. The van der Waals surface area contributed by atoms with Gasteiger partial charge in [-0.25, -0.2) is 0 Å². The van der Waals surface area contributed by atoms with Gasteiger partial charge in [-0.15, -0.1) is 6.58 Å². The molecule has 0 saturated heterocycles. The Morgan fingerprint density at radius 3 is 1.85 bits per heavy atom. The Balaban J connectivity index is 1.81. The van der Waals surface area contributed by atoms with Crippen LogP contribution in [0.3, 0.4) is 0 Å². The van der Waals surface area contributed by atoms with E-state index in [0.717, 1.165) is 11.3 Å². The molecule has 0 fully saturated rings. The number of nitrogens with two attached hydrogens (primary N) is 1. The predicted octanol–water partition coefficient (Wildman–Crippen LogP) is 4.67. The van der Waals surface area contributed by atoms with Crippen molar-refractivity contribution in [2.24, 2.45) is 5.73 Å². The maximum Gasteiger partial charge on any atom is 0.261 e. The van der Waals surface area contributed by atoms with Gasteiger partial charge in [0.2, 0.25) is 0 Å². The second-order valence-corrected chi connectivity index (χ2v) is 13.8. The SMILES string of the molecule is C=C[C@@H](OCc1ccc(OC)cc1)[C@@H](N)CO[Si](c1ccccc1)(c1ccccc1)C(C)(C)C. The Morgan fingerprint density at radius 2 is 1.41 bits per heavy atom. The minimum atomic E-state index is -2.65. The Morgan fingerprint density at radius 1 is 0.882 bits per heavy atom. The molecule has 2 N–H and O–H groups in total. The maximum atomic E-state index is 6.96. The van der Waals surface area contributed by atoms with E-state index in [9.17, 15) is 0 Å². The zero-order valence-corrected chi connectivity index (χ0v) is 21.7. The number of rotatable bonds is 11. The van der Waals surface area contributed by atoms with Crippen LogP contribution >= 0.6 is 0 Å². The lowest BCUT2D eigenvalue weighted by Crippen LogP contribution is -2.67. The minimum Gasteiger partial charge on any atom is -0.497 e. The molecule has 180 valence electrons. The first kappa shape index (κ1) is 25.9. The van der Waals surface area contributed by atoms with E-state index in [1.54, 1.807) is 13.2 Å². The van der Waals surface area contributed by atoms with Crippen LogP contribution in [0.4, 0.5) is 0 Å². The summed E-state index contributed by atoms with van der Waals surface area (Å²) < 4.78 is 18.3. The van der Waals surface area contributed by atoms with Crippen molar-refractivity contribution in [2.75, 3.05) is 13.7 Å². The molecule has 0 aliphatic heterocycles. The lowest BCUT2D eigenvalue weighted by atomic mass is 10.2. The second-order valence-electron chi connectivity index (χ2n) is 9.50. The molecule has 0 heterocycles. The van der Waals surface area contributed by atoms with Crippen LogP contribution in [0.25, 0.3) is 0 Å². The monoisotopic (exact) mass is 475 g/mol. The lowest BCUT2D eigenvalue weighted by molar-refractivity contribution is 0.0424. The van der Waals surface area contributed by atoms with Crippen LogP contribution in [-0.2, 0) is 15.8 Å². The fourth-order valence-corrected chi connectivity index (χ4v) is 8.96. The van der Waals surface area contributed by atoms with E-state index >= 15 is 0 Å². The molecule has 0 amide bonds. The van der Waals surface area contributed by atoms with Crippen LogP contribution in [0.1, 0.15) is 26.3 Å². The highest BCUT2D eigenvalue weighted by Gasteiger charge is 2.50. The van der Waals surface area contributed by atoms with E-state index < -0.39 is 8.32 Å². The Bertz CT molecular complexity index is 977. The van der Waals surface area contributed by atoms with Gasteiger partial charge in [-0.2, -0.15) is 0 Å². The first-order valence-corrected chi connectivity index (χ1v) is 13.6. The smallest absolute Gasteiger partial charge is 0.261 e. The third kappa shape index (κ3) is 5.86. The van der Waals surface area contributed by atoms with Gasteiger partial charge in [0.1, 0.15) is 5.75 Å². The molecule has 0 saturated carbocycles. The molecule has 34 heavy (non-hydrogen) atoms. The molecule has 4 nitrogen and oxygen atoms in total. The highest BCUT2D eigenvalue weighted by Crippen LogP contribution is 2.36. The normalized spacial score (nSPS) is 13.8. The average Bonchev–Trinajstić information content (AvgIpc) is 2.85. The Labute approximate surface area is 205 Å². The maximum absolute atomic E-state index is 6.96. The molecule has 3 aromatic carbocycles. The van der Waals surface area contributed by atoms with Crippen LogP contribution in [0.5, 0.6) is 5.75 Å². The molecule has 3 rings (SSSR count). The number of hydrogen-bond donors (Lipinski definition) is 1. The first-order chi connectivity index (χ1) is 16.3. The third-order valence-electron chi connectivity index (χ3n) is 6.16. The zero-order valence-electron chi connectivity index (χ0n) is 20.7. The van der Waals surface area contributed by atoms with Gasteiger partial charge in [0, 0.05) is 0 Å². The van der Waals surface area contributed by atoms with Crippen molar-refractivity contribution in [1.29, 1.82) is 0 Å². The van der Waals surface area contributed by atoms with Crippen LogP contribution in [0.15, 0.2) is 97.6 Å². The summed E-state index contributed by atoms with van der Waals surface area (Å²) >= 11 is 0. The van der Waals surface area contributed by atoms with Crippen LogP contribution < -0.4 is 20.8 Å². The number of methoxy groups -OCH3 is 1. The highest BCUT2D eigenvalue weighted by molar-refractivity contribution is 6.99. The molecule has 0 unspecified atom stereocenters. The molecule has 0 bridgehead atoms. The van der Waals surface area contributed by atoms with Gasteiger partial charge in [0.15, 0.2) is 0 Å². The molecule has 0 radical (unpaired) electrons. The van der Waals surface area contributed by atoms with Gasteiger partial charge in [-0.1, -0.05) is 99.6 Å². The van der Waals surface area contributed by atoms with Crippen LogP contribution in [-0.4, -0.2) is 34.2 Å². The zero-order chi connectivity index (χ0) is 24.6. The summed E-state index contributed by atoms with van der Waals surface area (Å²) in [4.78, 5) is 0. The summed E-state index contributed by atoms with van der Waals surface area (Å²) in [6.07, 6.45) is 1.43. The van der Waals surface area contributed by atoms with E-state index in [1.807, 2.05) is 36.4 Å². The van der Waals surface area contributed by atoms with Crippen molar-refractivity contribution in [3.8, 4) is 5.75 Å². The number of hydrogen-bond acceptors (Lipinski definition) is 4. The van der Waals surface area contributed by atoms with Crippen molar-refractivity contribution >= 4 is 18.7 Å². The minimum absolute atomic E-state index is 0.108. The van der Waals surface area contributed by atoms with E-state index in [4.69, 9.17) is 19.6 Å². The molecule has 0 aliphatic carbocycles. The molecule has 0 spiro atoms. The second kappa shape index (κ2) is 11.6. The van der Waals surface area contributed by atoms with E-state index in [2.05, 4.69) is 75.9 Å². The van der Waals surface area contributed by atoms with Crippen molar-refractivity contribution < 1.29 is 13.9 Å². The van der Waals surface area contributed by atoms with Gasteiger partial charge >= 0.3 is 0 Å². The third-order valence-corrected chi connectivity index (χ3v) is 11.2. The van der Waals surface area contributed by atoms with Crippen molar-refractivity contribution in [3.05, 3.63) is 103 Å². The largest absolute Gasteiger partial charge is 0.497 e. The lowest BCUT2D eigenvalue weighted by Gasteiger charge is -2.43. The van der Waals surface area contributed by atoms with Crippen molar-refractivity contribution in [2.45, 2.75) is 44.6 Å².